The summed E-state index contributed by atoms with van der Waals surface area (Å²) in [4.78, 5) is 0. The highest BCUT2D eigenvalue weighted by molar-refractivity contribution is 6.28. The second-order valence-electron chi connectivity index (χ2n) is 15.1. The second-order valence-corrected chi connectivity index (χ2v) is 15.1. The summed E-state index contributed by atoms with van der Waals surface area (Å²) < 4.78 is 6.72. The lowest BCUT2D eigenvalue weighted by atomic mass is 9.80. The lowest BCUT2D eigenvalue weighted by Gasteiger charge is -2.22. The molecule has 11 aromatic carbocycles. The van der Waals surface area contributed by atoms with Gasteiger partial charge in [0.15, 0.2) is 0 Å². The van der Waals surface area contributed by atoms with Gasteiger partial charge in [-0.1, -0.05) is 194 Å². The SMILES string of the molecule is c1ccc(-c2cccc(-c3cccc4c3oc3ccccc34)c2-c2c3ccccc3c(-c3ccc4c5ccccc5c5ccccc5c4c3)c3ccccc23)cc1. The van der Waals surface area contributed by atoms with E-state index < -0.39 is 0 Å². The molecule has 12 rings (SSSR count). The van der Waals surface area contributed by atoms with Crippen LogP contribution in [0.4, 0.5) is 0 Å². The van der Waals surface area contributed by atoms with Crippen LogP contribution in [0.3, 0.4) is 0 Å². The monoisotopic (exact) mass is 722 g/mol. The van der Waals surface area contributed by atoms with Gasteiger partial charge in [-0.3, -0.25) is 0 Å². The zero-order valence-electron chi connectivity index (χ0n) is 31.0. The highest BCUT2D eigenvalue weighted by Crippen LogP contribution is 2.51. The summed E-state index contributed by atoms with van der Waals surface area (Å²) in [5, 5.41) is 14.8. The average Bonchev–Trinajstić information content (AvgIpc) is 3.67. The van der Waals surface area contributed by atoms with Crippen molar-refractivity contribution in [3.8, 4) is 44.5 Å². The molecule has 0 radical (unpaired) electrons. The summed E-state index contributed by atoms with van der Waals surface area (Å²) in [7, 11) is 0. The van der Waals surface area contributed by atoms with Crippen molar-refractivity contribution < 1.29 is 4.42 Å². The third-order valence-corrected chi connectivity index (χ3v) is 12.1. The number of hydrogen-bond acceptors (Lipinski definition) is 1. The number of fused-ring (bicyclic) bond motifs is 11. The van der Waals surface area contributed by atoms with Crippen LogP contribution in [-0.4, -0.2) is 0 Å². The van der Waals surface area contributed by atoms with Crippen molar-refractivity contribution >= 4 is 75.8 Å². The molecule has 0 bridgehead atoms. The Bertz CT molecular complexity index is 3480. The Labute approximate surface area is 329 Å². The van der Waals surface area contributed by atoms with Crippen LogP contribution >= 0.6 is 0 Å². The van der Waals surface area contributed by atoms with Gasteiger partial charge in [0.2, 0.25) is 0 Å². The van der Waals surface area contributed by atoms with E-state index in [2.05, 4.69) is 200 Å². The van der Waals surface area contributed by atoms with Gasteiger partial charge in [0.05, 0.1) is 0 Å². The van der Waals surface area contributed by atoms with Gasteiger partial charge in [-0.2, -0.15) is 0 Å². The van der Waals surface area contributed by atoms with Crippen LogP contribution in [-0.2, 0) is 0 Å². The molecule has 0 aliphatic rings. The van der Waals surface area contributed by atoms with Crippen molar-refractivity contribution in [1.82, 2.24) is 0 Å². The number of para-hydroxylation sites is 2. The van der Waals surface area contributed by atoms with Gasteiger partial charge in [0.25, 0.3) is 0 Å². The molecule has 1 nitrogen and oxygen atoms in total. The van der Waals surface area contributed by atoms with Crippen LogP contribution in [0, 0.1) is 0 Å². The standard InChI is InChI=1S/C56H34O/c1-2-16-35(17-3-1)37-27-14-28-48(50-30-15-29-49-43-22-12-13-31-52(43)57-56(49)50)54(37)55-46-25-10-8-23-44(46)53(45-24-9-11-26-47(45)55)36-32-33-42-40-20-5-4-18-38(40)39-19-6-7-21-41(39)51(42)34-36/h1-34H. The maximum Gasteiger partial charge on any atom is 0.143 e. The Morgan fingerprint density at radius 3 is 1.33 bits per heavy atom. The number of benzene rings is 11. The maximum absolute atomic E-state index is 6.72. The van der Waals surface area contributed by atoms with Crippen molar-refractivity contribution in [3.63, 3.8) is 0 Å². The fourth-order valence-electron chi connectivity index (χ4n) is 9.64. The predicted molar refractivity (Wildman–Crippen MR) is 243 cm³/mol. The molecular weight excluding hydrogens is 689 g/mol. The lowest BCUT2D eigenvalue weighted by molar-refractivity contribution is 0.670. The molecule has 1 heterocycles. The average molecular weight is 723 g/mol. The Morgan fingerprint density at radius 2 is 0.684 bits per heavy atom. The van der Waals surface area contributed by atoms with E-state index in [1.54, 1.807) is 0 Å². The van der Waals surface area contributed by atoms with Crippen molar-refractivity contribution in [2.75, 3.05) is 0 Å². The molecule has 264 valence electrons. The molecular formula is C56H34O. The Morgan fingerprint density at radius 1 is 0.228 bits per heavy atom. The van der Waals surface area contributed by atoms with Gasteiger partial charge in [-0.05, 0) is 105 Å². The first kappa shape index (κ1) is 31.8. The van der Waals surface area contributed by atoms with E-state index in [1.807, 2.05) is 6.07 Å². The highest BCUT2D eigenvalue weighted by Gasteiger charge is 2.24. The van der Waals surface area contributed by atoms with Crippen LogP contribution in [0.5, 0.6) is 0 Å². The molecule has 12 aromatic rings. The summed E-state index contributed by atoms with van der Waals surface area (Å²) in [6.45, 7) is 0. The first-order valence-corrected chi connectivity index (χ1v) is 19.7. The van der Waals surface area contributed by atoms with Gasteiger partial charge in [0.1, 0.15) is 11.2 Å². The van der Waals surface area contributed by atoms with Gasteiger partial charge in [-0.25, -0.2) is 0 Å². The first-order valence-electron chi connectivity index (χ1n) is 19.7. The molecule has 0 spiro atoms. The van der Waals surface area contributed by atoms with Crippen molar-refractivity contribution in [2.45, 2.75) is 0 Å². The van der Waals surface area contributed by atoms with Gasteiger partial charge < -0.3 is 4.42 Å². The minimum absolute atomic E-state index is 0.900. The van der Waals surface area contributed by atoms with E-state index in [4.69, 9.17) is 4.42 Å². The Kier molecular flexibility index (Phi) is 7.00. The number of hydrogen-bond donors (Lipinski definition) is 0. The normalized spacial score (nSPS) is 11.9. The molecule has 0 atom stereocenters. The van der Waals surface area contributed by atoms with Gasteiger partial charge >= 0.3 is 0 Å². The van der Waals surface area contributed by atoms with E-state index in [-0.39, 0.29) is 0 Å². The molecule has 0 aliphatic heterocycles. The van der Waals surface area contributed by atoms with Crippen molar-refractivity contribution in [1.29, 1.82) is 0 Å². The molecule has 1 heteroatoms. The van der Waals surface area contributed by atoms with Crippen LogP contribution < -0.4 is 0 Å². The summed E-state index contributed by atoms with van der Waals surface area (Å²) in [6, 6.07) is 75.3. The van der Waals surface area contributed by atoms with Crippen molar-refractivity contribution in [2.24, 2.45) is 0 Å². The first-order chi connectivity index (χ1) is 28.3. The Hall–Kier alpha value is -7.48. The fourth-order valence-corrected chi connectivity index (χ4v) is 9.64. The molecule has 0 saturated carbocycles. The molecule has 0 aliphatic carbocycles. The van der Waals surface area contributed by atoms with E-state index in [0.29, 0.717) is 0 Å². The van der Waals surface area contributed by atoms with E-state index in [9.17, 15) is 0 Å². The molecule has 1 aromatic heterocycles. The smallest absolute Gasteiger partial charge is 0.143 e. The van der Waals surface area contributed by atoms with Crippen molar-refractivity contribution in [3.05, 3.63) is 206 Å². The molecule has 0 amide bonds. The fraction of sp³-hybridized carbons (Fsp3) is 0. The zero-order chi connectivity index (χ0) is 37.5. The van der Waals surface area contributed by atoms with E-state index in [0.717, 1.165) is 33.1 Å². The maximum atomic E-state index is 6.72. The predicted octanol–water partition coefficient (Wildman–Crippen LogP) is 16.0. The highest BCUT2D eigenvalue weighted by atomic mass is 16.3. The van der Waals surface area contributed by atoms with E-state index >= 15 is 0 Å². The molecule has 57 heavy (non-hydrogen) atoms. The molecule has 0 N–H and O–H groups in total. The summed E-state index contributed by atoms with van der Waals surface area (Å²) in [5.41, 5.74) is 11.3. The van der Waals surface area contributed by atoms with Crippen LogP contribution in [0.15, 0.2) is 211 Å². The molecule has 0 saturated heterocycles. The largest absolute Gasteiger partial charge is 0.455 e. The molecule has 0 unspecified atom stereocenters. The third-order valence-electron chi connectivity index (χ3n) is 12.1. The lowest BCUT2D eigenvalue weighted by Crippen LogP contribution is -1.95. The Balaban J connectivity index is 1.21. The number of rotatable bonds is 4. The minimum atomic E-state index is 0.900. The van der Waals surface area contributed by atoms with Crippen LogP contribution in [0.1, 0.15) is 0 Å². The topological polar surface area (TPSA) is 13.1 Å². The quantitative estimate of drug-likeness (QED) is 0.130. The summed E-state index contributed by atoms with van der Waals surface area (Å²) >= 11 is 0. The summed E-state index contributed by atoms with van der Waals surface area (Å²) in [5.74, 6) is 0. The summed E-state index contributed by atoms with van der Waals surface area (Å²) in [6.07, 6.45) is 0. The van der Waals surface area contributed by atoms with E-state index in [1.165, 1.54) is 87.2 Å². The molecule has 0 fully saturated rings. The minimum Gasteiger partial charge on any atom is -0.455 e. The number of furan rings is 1. The van der Waals surface area contributed by atoms with Crippen LogP contribution in [0.25, 0.3) is 120 Å². The van der Waals surface area contributed by atoms with Gasteiger partial charge in [0, 0.05) is 16.3 Å². The third kappa shape index (κ3) is 4.76. The zero-order valence-corrected chi connectivity index (χ0v) is 31.0. The second kappa shape index (κ2) is 12.5. The van der Waals surface area contributed by atoms with Crippen LogP contribution in [0.2, 0.25) is 0 Å². The van der Waals surface area contributed by atoms with Gasteiger partial charge in [-0.15, -0.1) is 0 Å².